The van der Waals surface area contributed by atoms with Crippen LogP contribution in [0.2, 0.25) is 0 Å². The van der Waals surface area contributed by atoms with Crippen molar-refractivity contribution in [1.29, 1.82) is 0 Å². The van der Waals surface area contributed by atoms with E-state index in [4.69, 9.17) is 4.98 Å². The molecule has 0 bridgehead atoms. The number of hydrogen-bond donors (Lipinski definition) is 1. The lowest BCUT2D eigenvalue weighted by molar-refractivity contribution is -0.120. The highest BCUT2D eigenvalue weighted by atomic mass is 32.2. The smallest absolute Gasteiger partial charge is 0.225 e. The van der Waals surface area contributed by atoms with Crippen molar-refractivity contribution < 1.29 is 4.79 Å². The van der Waals surface area contributed by atoms with Crippen LogP contribution >= 0.6 is 11.8 Å². The number of thioether (sulfide) groups is 1. The van der Waals surface area contributed by atoms with Gasteiger partial charge in [-0.05, 0) is 42.9 Å². The lowest BCUT2D eigenvalue weighted by atomic mass is 10.1. The number of nitrogens with one attached hydrogen (secondary N) is 1. The first-order valence-electron chi connectivity index (χ1n) is 9.25. The lowest BCUT2D eigenvalue weighted by Crippen LogP contribution is -2.22. The van der Waals surface area contributed by atoms with Crippen LogP contribution in [0.3, 0.4) is 0 Å². The molecule has 0 unspecified atom stereocenters. The molecule has 27 heavy (non-hydrogen) atoms. The van der Waals surface area contributed by atoms with Gasteiger partial charge in [-0.15, -0.1) is 11.8 Å². The SMILES string of the molecule is CNC(=O)Cc1c(-c2ccc(SC)cc2)nc2n1-c1ccccc1CCC2. The molecule has 0 saturated heterocycles. The topological polar surface area (TPSA) is 46.9 Å². The van der Waals surface area contributed by atoms with Gasteiger partial charge in [0.1, 0.15) is 5.82 Å². The highest BCUT2D eigenvalue weighted by Crippen LogP contribution is 2.33. The number of rotatable bonds is 4. The zero-order valence-electron chi connectivity index (χ0n) is 15.7. The maximum absolute atomic E-state index is 12.3. The van der Waals surface area contributed by atoms with Gasteiger partial charge >= 0.3 is 0 Å². The van der Waals surface area contributed by atoms with Gasteiger partial charge in [-0.3, -0.25) is 9.36 Å². The molecule has 1 N–H and O–H groups in total. The number of benzene rings is 2. The summed E-state index contributed by atoms with van der Waals surface area (Å²) >= 11 is 1.72. The van der Waals surface area contributed by atoms with E-state index in [1.807, 2.05) is 0 Å². The first-order valence-corrected chi connectivity index (χ1v) is 10.5. The molecule has 0 atom stereocenters. The lowest BCUT2D eigenvalue weighted by Gasteiger charge is -2.14. The average Bonchev–Trinajstić information content (AvgIpc) is 2.95. The first-order chi connectivity index (χ1) is 13.2. The fourth-order valence-electron chi connectivity index (χ4n) is 3.72. The fourth-order valence-corrected chi connectivity index (χ4v) is 4.13. The fraction of sp³-hybridized carbons (Fsp3) is 0.273. The summed E-state index contributed by atoms with van der Waals surface area (Å²) in [5.41, 5.74) is 5.41. The van der Waals surface area contributed by atoms with Crippen molar-refractivity contribution in [3.63, 3.8) is 0 Å². The van der Waals surface area contributed by atoms with E-state index < -0.39 is 0 Å². The number of fused-ring (bicyclic) bond motifs is 3. The normalized spacial score (nSPS) is 12.8. The molecule has 3 aromatic rings. The van der Waals surface area contributed by atoms with E-state index in [9.17, 15) is 4.79 Å². The largest absolute Gasteiger partial charge is 0.359 e. The number of aromatic nitrogens is 2. The minimum atomic E-state index is 0.00131. The van der Waals surface area contributed by atoms with Gasteiger partial charge in [0.15, 0.2) is 0 Å². The number of nitrogens with zero attached hydrogens (tertiary/aromatic N) is 2. The molecule has 4 nitrogen and oxygen atoms in total. The standard InChI is InChI=1S/C22H23N3OS/c1-23-21(26)14-19-22(16-10-12-17(27-2)13-11-16)24-20-9-5-7-15-6-3-4-8-18(15)25(19)20/h3-4,6,8,10-13H,5,7,9,14H2,1-2H3,(H,23,26). The molecule has 1 amide bonds. The molecular formula is C22H23N3OS. The molecular weight excluding hydrogens is 354 g/mol. The minimum Gasteiger partial charge on any atom is -0.359 e. The van der Waals surface area contributed by atoms with Crippen LogP contribution in [0.5, 0.6) is 0 Å². The Morgan fingerprint density at radius 1 is 1.15 bits per heavy atom. The van der Waals surface area contributed by atoms with Gasteiger partial charge in [-0.1, -0.05) is 30.3 Å². The highest BCUT2D eigenvalue weighted by molar-refractivity contribution is 7.98. The van der Waals surface area contributed by atoms with Crippen LogP contribution in [0.15, 0.2) is 53.4 Å². The molecule has 4 rings (SSSR count). The van der Waals surface area contributed by atoms with Crippen LogP contribution in [0.25, 0.3) is 16.9 Å². The molecule has 0 fully saturated rings. The van der Waals surface area contributed by atoms with Crippen molar-refractivity contribution in [2.75, 3.05) is 13.3 Å². The third-order valence-corrected chi connectivity index (χ3v) is 5.84. The molecule has 0 radical (unpaired) electrons. The molecule has 2 aromatic carbocycles. The zero-order valence-corrected chi connectivity index (χ0v) is 16.5. The summed E-state index contributed by atoms with van der Waals surface area (Å²) < 4.78 is 2.22. The zero-order chi connectivity index (χ0) is 18.8. The van der Waals surface area contributed by atoms with E-state index in [1.165, 1.54) is 10.5 Å². The molecule has 0 aliphatic carbocycles. The molecule has 5 heteroatoms. The Morgan fingerprint density at radius 2 is 1.93 bits per heavy atom. The maximum Gasteiger partial charge on any atom is 0.225 e. The molecule has 0 saturated carbocycles. The quantitative estimate of drug-likeness (QED) is 0.698. The molecule has 1 aromatic heterocycles. The van der Waals surface area contributed by atoms with E-state index >= 15 is 0 Å². The van der Waals surface area contributed by atoms with E-state index in [-0.39, 0.29) is 5.91 Å². The van der Waals surface area contributed by atoms with E-state index in [1.54, 1.807) is 18.8 Å². The van der Waals surface area contributed by atoms with E-state index in [0.29, 0.717) is 6.42 Å². The Balaban J connectivity index is 1.92. The average molecular weight is 378 g/mol. The minimum absolute atomic E-state index is 0.00131. The first kappa shape index (κ1) is 17.9. The predicted octanol–water partition coefficient (Wildman–Crippen LogP) is 4.04. The Kier molecular flexibility index (Phi) is 5.03. The maximum atomic E-state index is 12.3. The van der Waals surface area contributed by atoms with Gasteiger partial charge in [0.2, 0.25) is 5.91 Å². The monoisotopic (exact) mass is 377 g/mol. The van der Waals surface area contributed by atoms with Gasteiger partial charge in [-0.25, -0.2) is 4.98 Å². The van der Waals surface area contributed by atoms with Crippen LogP contribution < -0.4 is 5.32 Å². The Morgan fingerprint density at radius 3 is 2.67 bits per heavy atom. The van der Waals surface area contributed by atoms with Crippen molar-refractivity contribution in [1.82, 2.24) is 14.9 Å². The van der Waals surface area contributed by atoms with Crippen LogP contribution in [0.1, 0.15) is 23.5 Å². The number of likely N-dealkylation sites (N-methyl/N-ethyl adjacent to an activating group) is 1. The number of carbonyl (C=O) groups excluding carboxylic acids is 1. The second kappa shape index (κ2) is 7.61. The Bertz CT molecular complexity index is 976. The highest BCUT2D eigenvalue weighted by Gasteiger charge is 2.24. The Labute approximate surface area is 164 Å². The van der Waals surface area contributed by atoms with Crippen LogP contribution in [0.4, 0.5) is 0 Å². The van der Waals surface area contributed by atoms with Gasteiger partial charge in [0.25, 0.3) is 0 Å². The van der Waals surface area contributed by atoms with E-state index in [2.05, 4.69) is 64.7 Å². The van der Waals surface area contributed by atoms with Crippen LogP contribution in [-0.2, 0) is 24.1 Å². The van der Waals surface area contributed by atoms with Gasteiger partial charge in [0, 0.05) is 23.9 Å². The third-order valence-electron chi connectivity index (χ3n) is 5.09. The van der Waals surface area contributed by atoms with Crippen molar-refractivity contribution >= 4 is 17.7 Å². The Hall–Kier alpha value is -2.53. The van der Waals surface area contributed by atoms with Gasteiger partial charge < -0.3 is 5.32 Å². The van der Waals surface area contributed by atoms with Crippen molar-refractivity contribution in [2.45, 2.75) is 30.6 Å². The van der Waals surface area contributed by atoms with Crippen molar-refractivity contribution in [3.8, 4) is 16.9 Å². The second-order valence-corrected chi connectivity index (χ2v) is 7.60. The summed E-state index contributed by atoms with van der Waals surface area (Å²) in [5.74, 6) is 1.05. The van der Waals surface area contributed by atoms with Crippen molar-refractivity contribution in [2.24, 2.45) is 0 Å². The number of carbonyl (C=O) groups is 1. The van der Waals surface area contributed by atoms with Crippen LogP contribution in [-0.4, -0.2) is 28.8 Å². The number of amides is 1. The summed E-state index contributed by atoms with van der Waals surface area (Å²) in [5, 5.41) is 2.76. The summed E-state index contributed by atoms with van der Waals surface area (Å²) in [4.78, 5) is 18.5. The molecule has 138 valence electrons. The predicted molar refractivity (Wildman–Crippen MR) is 111 cm³/mol. The second-order valence-electron chi connectivity index (χ2n) is 6.72. The van der Waals surface area contributed by atoms with Crippen molar-refractivity contribution in [3.05, 3.63) is 65.6 Å². The molecule has 0 spiro atoms. The number of hydrogen-bond acceptors (Lipinski definition) is 3. The molecule has 1 aliphatic heterocycles. The van der Waals surface area contributed by atoms with E-state index in [0.717, 1.165) is 47.7 Å². The van der Waals surface area contributed by atoms with Crippen LogP contribution in [0, 0.1) is 0 Å². The summed E-state index contributed by atoms with van der Waals surface area (Å²) in [6, 6.07) is 16.9. The molecule has 2 heterocycles. The molecule has 1 aliphatic rings. The third kappa shape index (κ3) is 3.39. The number of imidazole rings is 1. The number of aryl methyl sites for hydroxylation is 2. The number of para-hydroxylation sites is 1. The van der Waals surface area contributed by atoms with Gasteiger partial charge in [-0.2, -0.15) is 0 Å². The summed E-state index contributed by atoms with van der Waals surface area (Å²) in [7, 11) is 1.68. The summed E-state index contributed by atoms with van der Waals surface area (Å²) in [6.07, 6.45) is 5.41. The van der Waals surface area contributed by atoms with Gasteiger partial charge in [0.05, 0.1) is 23.5 Å². The summed E-state index contributed by atoms with van der Waals surface area (Å²) in [6.45, 7) is 0.